The summed E-state index contributed by atoms with van der Waals surface area (Å²) in [7, 11) is 0. The number of ketones is 3. The lowest BCUT2D eigenvalue weighted by Crippen LogP contribution is -2.66. The van der Waals surface area contributed by atoms with Gasteiger partial charge in [0, 0.05) is 30.1 Å². The van der Waals surface area contributed by atoms with Crippen LogP contribution in [-0.2, 0) is 14.4 Å². The van der Waals surface area contributed by atoms with Gasteiger partial charge < -0.3 is 0 Å². The number of fused-ring (bicyclic) bond motifs is 5. The molecule has 0 radical (unpaired) electrons. The van der Waals surface area contributed by atoms with E-state index in [0.29, 0.717) is 19.3 Å². The summed E-state index contributed by atoms with van der Waals surface area (Å²) in [5, 5.41) is 0. The Morgan fingerprint density at radius 1 is 1.19 bits per heavy atom. The zero-order valence-electron chi connectivity index (χ0n) is 16.2. The zero-order chi connectivity index (χ0) is 19.1. The summed E-state index contributed by atoms with van der Waals surface area (Å²) in [6.45, 7) is 7.58. The normalized spacial score (nSPS) is 50.6. The van der Waals surface area contributed by atoms with Gasteiger partial charge in [0.2, 0.25) is 0 Å². The summed E-state index contributed by atoms with van der Waals surface area (Å²) < 4.78 is 16.8. The van der Waals surface area contributed by atoms with E-state index in [-0.39, 0.29) is 47.4 Å². The van der Waals surface area contributed by atoms with Crippen LogP contribution in [0.5, 0.6) is 0 Å². The molecule has 0 heterocycles. The summed E-state index contributed by atoms with van der Waals surface area (Å²) in [4.78, 5) is 37.5. The lowest BCUT2D eigenvalue weighted by atomic mass is 9.43. The monoisotopic (exact) mass is 360 g/mol. The summed E-state index contributed by atoms with van der Waals surface area (Å²) in [5.74, 6) is -0.450. The van der Waals surface area contributed by atoms with Crippen molar-refractivity contribution in [2.24, 2.45) is 34.5 Å². The highest BCUT2D eigenvalue weighted by Crippen LogP contribution is 2.69. The Labute approximate surface area is 154 Å². The van der Waals surface area contributed by atoms with E-state index in [1.807, 2.05) is 13.8 Å². The molecule has 0 bridgehead atoms. The molecular formula is C22H29FO3. The van der Waals surface area contributed by atoms with Crippen LogP contribution < -0.4 is 0 Å². The van der Waals surface area contributed by atoms with Crippen molar-refractivity contribution in [2.75, 3.05) is 0 Å². The molecule has 0 aromatic rings. The Bertz CT molecular complexity index is 740. The molecule has 0 unspecified atom stereocenters. The fourth-order valence-electron chi connectivity index (χ4n) is 7.36. The van der Waals surface area contributed by atoms with Crippen LogP contribution >= 0.6 is 0 Å². The quantitative estimate of drug-likeness (QED) is 0.703. The van der Waals surface area contributed by atoms with Crippen LogP contribution in [0.15, 0.2) is 11.6 Å². The SMILES string of the molecule is CC(=O)[C@H]1CC[C@H]2[C@@H]3C[C@H](C)C4=CC(=O)CC[C@]4(C)[C@@]3(F)C(=O)C[C@]12C. The van der Waals surface area contributed by atoms with Crippen molar-refractivity contribution in [1.29, 1.82) is 0 Å². The van der Waals surface area contributed by atoms with Gasteiger partial charge in [-0.05, 0) is 55.9 Å². The van der Waals surface area contributed by atoms with Crippen LogP contribution in [0, 0.1) is 34.5 Å². The first kappa shape index (κ1) is 18.1. The van der Waals surface area contributed by atoms with Crippen LogP contribution in [0.3, 0.4) is 0 Å². The number of allylic oxidation sites excluding steroid dienone is 1. The first-order valence-corrected chi connectivity index (χ1v) is 10.0. The number of hydrogen-bond acceptors (Lipinski definition) is 3. The number of carbonyl (C=O) groups excluding carboxylic acids is 3. The maximum absolute atomic E-state index is 16.8. The molecule has 4 rings (SSSR count). The van der Waals surface area contributed by atoms with Crippen LogP contribution in [0.2, 0.25) is 0 Å². The molecule has 0 aromatic carbocycles. The molecule has 0 N–H and O–H groups in total. The van der Waals surface area contributed by atoms with Crippen LogP contribution in [0.4, 0.5) is 4.39 Å². The molecule has 7 atom stereocenters. The van der Waals surface area contributed by atoms with Crippen LogP contribution in [0.1, 0.15) is 66.2 Å². The summed E-state index contributed by atoms with van der Waals surface area (Å²) in [6, 6.07) is 0. The van der Waals surface area contributed by atoms with Gasteiger partial charge in [0.25, 0.3) is 0 Å². The molecule has 4 aliphatic carbocycles. The Kier molecular flexibility index (Phi) is 3.72. The number of rotatable bonds is 1. The van der Waals surface area contributed by atoms with Gasteiger partial charge in [-0.15, -0.1) is 0 Å². The van der Waals surface area contributed by atoms with Crippen molar-refractivity contribution in [3.63, 3.8) is 0 Å². The average Bonchev–Trinajstić information content (AvgIpc) is 2.89. The Morgan fingerprint density at radius 2 is 1.88 bits per heavy atom. The second-order valence-electron chi connectivity index (χ2n) is 9.81. The third-order valence-electron chi connectivity index (χ3n) is 8.61. The van der Waals surface area contributed by atoms with E-state index in [4.69, 9.17) is 0 Å². The maximum atomic E-state index is 16.8. The first-order chi connectivity index (χ1) is 12.1. The first-order valence-electron chi connectivity index (χ1n) is 10.0. The zero-order valence-corrected chi connectivity index (χ0v) is 16.2. The average molecular weight is 360 g/mol. The molecule has 3 nitrogen and oxygen atoms in total. The highest BCUT2D eigenvalue weighted by Gasteiger charge is 2.72. The van der Waals surface area contributed by atoms with Crippen LogP contribution in [0.25, 0.3) is 0 Å². The minimum Gasteiger partial charge on any atom is -0.300 e. The fourth-order valence-corrected chi connectivity index (χ4v) is 7.36. The highest BCUT2D eigenvalue weighted by atomic mass is 19.1. The van der Waals surface area contributed by atoms with E-state index in [0.717, 1.165) is 18.4 Å². The standard InChI is InChI=1S/C22H29FO3/c1-12-9-18-16-6-5-15(13(2)24)20(16,3)11-19(26)22(18,23)21(4)8-7-14(25)10-17(12)21/h10,12,15-16,18H,5-9,11H2,1-4H3/t12-,15+,16-,18-,20+,21-,22-/m0/s1. The molecule has 142 valence electrons. The summed E-state index contributed by atoms with van der Waals surface area (Å²) in [6.07, 6.45) is 4.70. The van der Waals surface area contributed by atoms with Crippen molar-refractivity contribution in [1.82, 2.24) is 0 Å². The van der Waals surface area contributed by atoms with Crippen molar-refractivity contribution in [2.45, 2.75) is 71.9 Å². The second kappa shape index (κ2) is 5.36. The van der Waals surface area contributed by atoms with Gasteiger partial charge in [0.15, 0.2) is 17.2 Å². The van der Waals surface area contributed by atoms with Gasteiger partial charge in [-0.3, -0.25) is 14.4 Å². The third-order valence-corrected chi connectivity index (χ3v) is 8.61. The van der Waals surface area contributed by atoms with E-state index < -0.39 is 16.5 Å². The summed E-state index contributed by atoms with van der Waals surface area (Å²) >= 11 is 0. The highest BCUT2D eigenvalue weighted by molar-refractivity contribution is 5.96. The molecule has 3 fully saturated rings. The molecule has 26 heavy (non-hydrogen) atoms. The Morgan fingerprint density at radius 3 is 2.54 bits per heavy atom. The van der Waals surface area contributed by atoms with Crippen molar-refractivity contribution >= 4 is 17.3 Å². The fraction of sp³-hybridized carbons (Fsp3) is 0.773. The van der Waals surface area contributed by atoms with E-state index in [9.17, 15) is 14.4 Å². The van der Waals surface area contributed by atoms with E-state index in [2.05, 4.69) is 6.92 Å². The van der Waals surface area contributed by atoms with E-state index in [1.54, 1.807) is 13.0 Å². The molecule has 0 aromatic heterocycles. The molecule has 0 amide bonds. The lowest BCUT2D eigenvalue weighted by molar-refractivity contribution is -0.176. The Hall–Kier alpha value is -1.32. The molecule has 0 spiro atoms. The third kappa shape index (κ3) is 1.96. The predicted octanol–water partition coefficient (Wildman–Crippen LogP) is 4.24. The largest absolute Gasteiger partial charge is 0.300 e. The molecule has 3 saturated carbocycles. The molecular weight excluding hydrogens is 331 g/mol. The maximum Gasteiger partial charge on any atom is 0.180 e. The second-order valence-corrected chi connectivity index (χ2v) is 9.81. The number of Topliss-reactive ketones (excluding diaryl/α,β-unsaturated/α-hetero) is 2. The number of alkyl halides is 1. The van der Waals surface area contributed by atoms with Gasteiger partial charge in [-0.1, -0.05) is 26.3 Å². The predicted molar refractivity (Wildman–Crippen MR) is 96.2 cm³/mol. The smallest absolute Gasteiger partial charge is 0.180 e. The van der Waals surface area contributed by atoms with E-state index in [1.165, 1.54) is 0 Å². The van der Waals surface area contributed by atoms with Gasteiger partial charge in [-0.25, -0.2) is 4.39 Å². The minimum atomic E-state index is -1.90. The van der Waals surface area contributed by atoms with Crippen molar-refractivity contribution in [3.05, 3.63) is 11.6 Å². The Balaban J connectivity index is 1.84. The molecule has 0 aliphatic heterocycles. The van der Waals surface area contributed by atoms with Crippen molar-refractivity contribution < 1.29 is 18.8 Å². The van der Waals surface area contributed by atoms with Crippen LogP contribution in [-0.4, -0.2) is 23.0 Å². The number of halogens is 1. The van der Waals surface area contributed by atoms with Gasteiger partial charge >= 0.3 is 0 Å². The topological polar surface area (TPSA) is 51.2 Å². The molecule has 0 saturated heterocycles. The summed E-state index contributed by atoms with van der Waals surface area (Å²) in [5.41, 5.74) is -2.35. The number of hydrogen-bond donors (Lipinski definition) is 0. The van der Waals surface area contributed by atoms with Gasteiger partial charge in [0.05, 0.1) is 0 Å². The molecule has 4 heteroatoms. The minimum absolute atomic E-state index is 0.0528. The van der Waals surface area contributed by atoms with Gasteiger partial charge in [-0.2, -0.15) is 0 Å². The lowest BCUT2D eigenvalue weighted by Gasteiger charge is -2.61. The number of carbonyl (C=O) groups is 3. The van der Waals surface area contributed by atoms with E-state index >= 15 is 4.39 Å². The van der Waals surface area contributed by atoms with Gasteiger partial charge in [0.1, 0.15) is 5.78 Å². The molecule has 4 aliphatic rings. The van der Waals surface area contributed by atoms with Crippen molar-refractivity contribution in [3.8, 4) is 0 Å².